The van der Waals surface area contributed by atoms with Crippen LogP contribution in [0.4, 0.5) is 5.13 Å². The zero-order valence-corrected chi connectivity index (χ0v) is 38.5. The van der Waals surface area contributed by atoms with Crippen LogP contribution < -0.4 is 24.0 Å². The molecule has 0 fully saturated rings. The molecule has 5 aromatic rings. The maximum Gasteiger partial charge on any atom is 0.343 e. The van der Waals surface area contributed by atoms with Gasteiger partial charge in [-0.05, 0) is 137 Å². The number of thiazole rings is 1. The van der Waals surface area contributed by atoms with E-state index in [0.717, 1.165) is 105 Å². The number of esters is 4. The van der Waals surface area contributed by atoms with Crippen molar-refractivity contribution in [1.29, 1.82) is 0 Å². The summed E-state index contributed by atoms with van der Waals surface area (Å²) in [6.07, 6.45) is 14.9. The van der Waals surface area contributed by atoms with Gasteiger partial charge in [0.1, 0.15) is 23.0 Å². The molecule has 1 aromatic heterocycles. The van der Waals surface area contributed by atoms with Gasteiger partial charge in [0, 0.05) is 24.3 Å². The van der Waals surface area contributed by atoms with E-state index in [-0.39, 0.29) is 11.5 Å². The van der Waals surface area contributed by atoms with E-state index in [1.807, 2.05) is 29.3 Å². The summed E-state index contributed by atoms with van der Waals surface area (Å²) in [5.74, 6) is -0.300. The molecule has 13 nitrogen and oxygen atoms in total. The Morgan fingerprint density at radius 3 is 1.71 bits per heavy atom. The smallest absolute Gasteiger partial charge is 0.343 e. The fourth-order valence-corrected chi connectivity index (χ4v) is 7.38. The van der Waals surface area contributed by atoms with Crippen LogP contribution in [0.2, 0.25) is 0 Å². The lowest BCUT2D eigenvalue weighted by Crippen LogP contribution is -2.18. The van der Waals surface area contributed by atoms with Gasteiger partial charge in [0.2, 0.25) is 5.13 Å². The van der Waals surface area contributed by atoms with Crippen LogP contribution in [-0.4, -0.2) is 68.0 Å². The van der Waals surface area contributed by atoms with Crippen LogP contribution in [0.25, 0.3) is 10.2 Å². The molecule has 0 aliphatic rings. The first-order valence-corrected chi connectivity index (χ1v) is 23.4. The van der Waals surface area contributed by atoms with Crippen molar-refractivity contribution in [3.05, 3.63) is 133 Å². The zero-order valence-electron chi connectivity index (χ0n) is 37.7. The van der Waals surface area contributed by atoms with Gasteiger partial charge in [0.05, 0.1) is 54.0 Å². The summed E-state index contributed by atoms with van der Waals surface area (Å²) in [5, 5.41) is 7.46. The van der Waals surface area contributed by atoms with Crippen LogP contribution in [0, 0.1) is 0 Å². The summed E-state index contributed by atoms with van der Waals surface area (Å²) >= 11 is 1.54. The Bertz CT molecular complexity index is 2330. The van der Waals surface area contributed by atoms with E-state index in [2.05, 4.69) is 20.1 Å². The topological polar surface area (TPSA) is 152 Å². The molecular weight excluding hydrogens is 859 g/mol. The molecule has 0 bridgehead atoms. The summed E-state index contributed by atoms with van der Waals surface area (Å²) < 4.78 is 34.6. The summed E-state index contributed by atoms with van der Waals surface area (Å²) in [5.41, 5.74) is 1.93. The van der Waals surface area contributed by atoms with Gasteiger partial charge in [-0.1, -0.05) is 62.8 Å². The molecule has 0 amide bonds. The van der Waals surface area contributed by atoms with Crippen LogP contribution in [0.5, 0.6) is 23.0 Å². The van der Waals surface area contributed by atoms with Gasteiger partial charge in [0.15, 0.2) is 0 Å². The number of ether oxygens (including phenoxy) is 6. The van der Waals surface area contributed by atoms with E-state index in [1.54, 1.807) is 84.3 Å². The van der Waals surface area contributed by atoms with Gasteiger partial charge < -0.3 is 28.4 Å². The molecule has 0 N–H and O–H groups in total. The number of para-hydroxylation sites is 1. The van der Waals surface area contributed by atoms with E-state index >= 15 is 0 Å². The second-order valence-electron chi connectivity index (χ2n) is 15.2. The van der Waals surface area contributed by atoms with Crippen molar-refractivity contribution < 1.29 is 47.6 Å². The SMILES string of the molecule is C=CC(=O)OCCCCCCOc1ccc(C(=O)Oc2ccc(OC(=O)c3ccc(OCCCCCCOC(=O)C=C)cc3)c(C=NN(CCCCCC)c3nc4ccccc4s3)c2)cc1. The number of carbonyl (C=O) groups is 4. The Hall–Kier alpha value is -6.80. The lowest BCUT2D eigenvalue weighted by molar-refractivity contribution is -0.138. The molecule has 4 aromatic carbocycles. The molecule has 0 atom stereocenters. The van der Waals surface area contributed by atoms with Crippen LogP contribution in [0.1, 0.15) is 110 Å². The molecule has 14 heteroatoms. The van der Waals surface area contributed by atoms with Gasteiger partial charge in [-0.2, -0.15) is 5.10 Å². The fraction of sp³-hybridized carbons (Fsp3) is 0.346. The molecule has 0 saturated heterocycles. The second kappa shape index (κ2) is 28.2. The monoisotopic (exact) mass is 917 g/mol. The molecular formula is C52H59N3O10S. The number of hydrogen-bond acceptors (Lipinski definition) is 14. The lowest BCUT2D eigenvalue weighted by Gasteiger charge is -2.16. The third-order valence-electron chi connectivity index (χ3n) is 10.1. The summed E-state index contributed by atoms with van der Waals surface area (Å²) in [4.78, 5) is 54.1. The van der Waals surface area contributed by atoms with Crippen molar-refractivity contribution in [2.45, 2.75) is 84.0 Å². The highest BCUT2D eigenvalue weighted by Gasteiger charge is 2.17. The van der Waals surface area contributed by atoms with Crippen molar-refractivity contribution >= 4 is 56.8 Å². The number of aromatic nitrogens is 1. The van der Waals surface area contributed by atoms with Crippen LogP contribution in [0.3, 0.4) is 0 Å². The van der Waals surface area contributed by atoms with E-state index in [4.69, 9.17) is 38.5 Å². The molecule has 0 aliphatic carbocycles. The van der Waals surface area contributed by atoms with E-state index in [9.17, 15) is 19.2 Å². The minimum Gasteiger partial charge on any atom is -0.494 e. The van der Waals surface area contributed by atoms with Gasteiger partial charge in [-0.3, -0.25) is 0 Å². The largest absolute Gasteiger partial charge is 0.494 e. The Morgan fingerprint density at radius 2 is 1.15 bits per heavy atom. The minimum absolute atomic E-state index is 0.219. The first kappa shape index (κ1) is 50.2. The zero-order chi connectivity index (χ0) is 46.8. The Labute approximate surface area is 391 Å². The molecule has 66 heavy (non-hydrogen) atoms. The van der Waals surface area contributed by atoms with E-state index in [1.165, 1.54) is 0 Å². The average Bonchev–Trinajstić information content (AvgIpc) is 3.78. The highest BCUT2D eigenvalue weighted by molar-refractivity contribution is 7.22. The number of carbonyl (C=O) groups excluding carboxylic acids is 4. The lowest BCUT2D eigenvalue weighted by atomic mass is 10.2. The molecule has 348 valence electrons. The molecule has 5 rings (SSSR count). The van der Waals surface area contributed by atoms with Crippen molar-refractivity contribution in [1.82, 2.24) is 4.98 Å². The van der Waals surface area contributed by atoms with Gasteiger partial charge >= 0.3 is 23.9 Å². The fourth-order valence-electron chi connectivity index (χ4n) is 6.44. The predicted octanol–water partition coefficient (Wildman–Crippen LogP) is 11.5. The minimum atomic E-state index is -0.588. The molecule has 1 heterocycles. The first-order valence-electron chi connectivity index (χ1n) is 22.6. The number of anilines is 1. The number of unbranched alkanes of at least 4 members (excludes halogenated alkanes) is 9. The highest BCUT2D eigenvalue weighted by atomic mass is 32.1. The number of rotatable bonds is 30. The number of hydrazone groups is 1. The number of hydrogen-bond donors (Lipinski definition) is 0. The third-order valence-corrected chi connectivity index (χ3v) is 11.1. The number of fused-ring (bicyclic) bond motifs is 1. The molecule has 0 saturated carbocycles. The summed E-state index contributed by atoms with van der Waals surface area (Å²) in [7, 11) is 0. The van der Waals surface area contributed by atoms with Gasteiger partial charge in [-0.15, -0.1) is 0 Å². The molecule has 0 radical (unpaired) electrons. The van der Waals surface area contributed by atoms with Crippen molar-refractivity contribution in [3.63, 3.8) is 0 Å². The highest BCUT2D eigenvalue weighted by Crippen LogP contribution is 2.30. The molecule has 0 spiro atoms. The van der Waals surface area contributed by atoms with Gasteiger partial charge in [-0.25, -0.2) is 29.2 Å². The number of nitrogens with zero attached hydrogens (tertiary/aromatic N) is 3. The van der Waals surface area contributed by atoms with E-state index in [0.29, 0.717) is 61.2 Å². The first-order chi connectivity index (χ1) is 32.3. The molecule has 0 aliphatic heterocycles. The van der Waals surface area contributed by atoms with Crippen molar-refractivity contribution in [2.24, 2.45) is 5.10 Å². The Balaban J connectivity index is 1.24. The van der Waals surface area contributed by atoms with Crippen LogP contribution in [-0.2, 0) is 19.1 Å². The van der Waals surface area contributed by atoms with E-state index < -0.39 is 23.9 Å². The van der Waals surface area contributed by atoms with Gasteiger partial charge in [0.25, 0.3) is 0 Å². The molecule has 0 unspecified atom stereocenters. The van der Waals surface area contributed by atoms with Crippen molar-refractivity contribution in [2.75, 3.05) is 38.0 Å². The predicted molar refractivity (Wildman–Crippen MR) is 258 cm³/mol. The summed E-state index contributed by atoms with van der Waals surface area (Å²) in [6.45, 7) is 11.3. The third kappa shape index (κ3) is 17.3. The standard InChI is InChI=1S/C52H59N3O10S/c1-4-7-8-15-32-55(52-54-45-20-13-14-21-47(45)66-52)53-38-41-37-44(64-50(58)39-22-26-42(27-23-39)60-33-16-9-11-18-35-62-48(56)5-2)30-31-46(41)65-51(59)40-24-28-43(29-25-40)61-34-17-10-12-19-36-63-49(57)6-3/h5-6,13-14,20-31,37-38H,2-4,7-12,15-19,32-36H2,1H3. The Kier molecular flexibility index (Phi) is 21.4. The maximum absolute atomic E-state index is 13.6. The number of benzene rings is 4. The van der Waals surface area contributed by atoms with Crippen LogP contribution in [0.15, 0.2) is 121 Å². The maximum atomic E-state index is 13.6. The average molecular weight is 918 g/mol. The normalized spacial score (nSPS) is 10.9. The van der Waals surface area contributed by atoms with Crippen molar-refractivity contribution in [3.8, 4) is 23.0 Å². The second-order valence-corrected chi connectivity index (χ2v) is 16.2. The van der Waals surface area contributed by atoms with Crippen LogP contribution >= 0.6 is 11.3 Å². The quantitative estimate of drug-likeness (QED) is 0.0108. The summed E-state index contributed by atoms with van der Waals surface area (Å²) in [6, 6.07) is 26.2. The Morgan fingerprint density at radius 1 is 0.621 bits per heavy atom.